The van der Waals surface area contributed by atoms with E-state index in [1.807, 2.05) is 42.6 Å². The lowest BCUT2D eigenvalue weighted by Crippen LogP contribution is -2.33. The second-order valence-corrected chi connectivity index (χ2v) is 8.23. The van der Waals surface area contributed by atoms with Crippen molar-refractivity contribution in [2.24, 2.45) is 0 Å². The molecule has 0 spiro atoms. The Morgan fingerprint density at radius 3 is 2.48 bits per heavy atom. The van der Waals surface area contributed by atoms with Gasteiger partial charge in [0.1, 0.15) is 5.82 Å². The number of pyridine rings is 1. The summed E-state index contributed by atoms with van der Waals surface area (Å²) in [5.41, 5.74) is 4.48. The molecule has 31 heavy (non-hydrogen) atoms. The molecule has 0 aliphatic heterocycles. The number of nitrogens with one attached hydrogen (secondary N) is 1. The molecule has 1 N–H and O–H groups in total. The Balaban J connectivity index is 1.32. The van der Waals surface area contributed by atoms with Crippen molar-refractivity contribution < 1.29 is 0 Å². The van der Waals surface area contributed by atoms with E-state index in [1.54, 1.807) is 29.2 Å². The third-order valence-corrected chi connectivity index (χ3v) is 5.87. The van der Waals surface area contributed by atoms with Gasteiger partial charge in [0.05, 0.1) is 17.4 Å². The van der Waals surface area contributed by atoms with Crippen molar-refractivity contribution in [2.45, 2.75) is 51.6 Å². The maximum atomic E-state index is 12.5. The Hall–Kier alpha value is -3.55. The first-order valence-electron chi connectivity index (χ1n) is 10.7. The van der Waals surface area contributed by atoms with Gasteiger partial charge in [-0.3, -0.25) is 9.78 Å². The molecule has 8 heteroatoms. The zero-order chi connectivity index (χ0) is 21.4. The predicted octanol–water partition coefficient (Wildman–Crippen LogP) is 3.56. The molecule has 4 aromatic rings. The SMILES string of the molecule is Cc1cc(NC2CCC(n3nc(-c4ccncc4)ccc3=O)CC2)n2nc(C)cc2n1. The van der Waals surface area contributed by atoms with Gasteiger partial charge in [-0.15, -0.1) is 0 Å². The van der Waals surface area contributed by atoms with Crippen LogP contribution in [-0.2, 0) is 0 Å². The van der Waals surface area contributed by atoms with Gasteiger partial charge < -0.3 is 5.32 Å². The smallest absolute Gasteiger partial charge is 0.267 e. The van der Waals surface area contributed by atoms with E-state index in [4.69, 9.17) is 0 Å². The van der Waals surface area contributed by atoms with Crippen LogP contribution in [0.1, 0.15) is 43.1 Å². The summed E-state index contributed by atoms with van der Waals surface area (Å²) in [4.78, 5) is 21.1. The summed E-state index contributed by atoms with van der Waals surface area (Å²) in [5, 5.41) is 12.9. The monoisotopic (exact) mass is 415 g/mol. The zero-order valence-electron chi connectivity index (χ0n) is 17.7. The van der Waals surface area contributed by atoms with Crippen LogP contribution in [0.15, 0.2) is 53.6 Å². The van der Waals surface area contributed by atoms with Crippen LogP contribution in [0.2, 0.25) is 0 Å². The first-order valence-corrected chi connectivity index (χ1v) is 10.7. The van der Waals surface area contributed by atoms with Gasteiger partial charge in [-0.2, -0.15) is 14.7 Å². The predicted molar refractivity (Wildman–Crippen MR) is 119 cm³/mol. The molecule has 8 nitrogen and oxygen atoms in total. The molecule has 158 valence electrons. The first kappa shape index (κ1) is 19.4. The molecule has 1 aliphatic rings. The normalized spacial score (nSPS) is 18.9. The average Bonchev–Trinajstić information content (AvgIpc) is 3.15. The Morgan fingerprint density at radius 1 is 0.935 bits per heavy atom. The molecule has 0 radical (unpaired) electrons. The summed E-state index contributed by atoms with van der Waals surface area (Å²) in [6.07, 6.45) is 7.19. The number of aryl methyl sites for hydroxylation is 2. The second-order valence-electron chi connectivity index (χ2n) is 8.23. The topological polar surface area (TPSA) is 90.0 Å². The van der Waals surface area contributed by atoms with Gasteiger partial charge in [0, 0.05) is 47.9 Å². The molecular formula is C23H25N7O. The molecule has 0 aromatic carbocycles. The Labute approximate surface area is 180 Å². The lowest BCUT2D eigenvalue weighted by Gasteiger charge is -2.30. The molecule has 5 rings (SSSR count). The molecule has 0 atom stereocenters. The fraction of sp³-hybridized carbons (Fsp3) is 0.348. The number of aromatic nitrogens is 6. The maximum Gasteiger partial charge on any atom is 0.267 e. The van der Waals surface area contributed by atoms with Crippen molar-refractivity contribution in [2.75, 3.05) is 5.32 Å². The maximum absolute atomic E-state index is 12.5. The molecule has 1 aliphatic carbocycles. The van der Waals surface area contributed by atoms with E-state index in [0.29, 0.717) is 6.04 Å². The molecule has 1 fully saturated rings. The van der Waals surface area contributed by atoms with Crippen molar-refractivity contribution in [3.8, 4) is 11.3 Å². The standard InChI is InChI=1S/C23H25N7O/c1-15-13-22(30-21(25-15)14-16(2)27-30)26-18-3-5-19(6-4-18)29-23(31)8-7-20(28-29)17-9-11-24-12-10-17/h7-14,18-19,26H,3-6H2,1-2H3. The fourth-order valence-corrected chi connectivity index (χ4v) is 4.35. The number of hydrogen-bond donors (Lipinski definition) is 1. The third kappa shape index (κ3) is 3.93. The van der Waals surface area contributed by atoms with Gasteiger partial charge >= 0.3 is 0 Å². The van der Waals surface area contributed by atoms with Crippen molar-refractivity contribution in [1.82, 2.24) is 29.4 Å². The second kappa shape index (κ2) is 7.94. The van der Waals surface area contributed by atoms with Gasteiger partial charge in [-0.1, -0.05) is 0 Å². The van der Waals surface area contributed by atoms with E-state index in [-0.39, 0.29) is 11.6 Å². The van der Waals surface area contributed by atoms with E-state index in [1.165, 1.54) is 0 Å². The fourth-order valence-electron chi connectivity index (χ4n) is 4.35. The van der Waals surface area contributed by atoms with E-state index >= 15 is 0 Å². The van der Waals surface area contributed by atoms with Crippen LogP contribution in [0, 0.1) is 13.8 Å². The van der Waals surface area contributed by atoms with Crippen LogP contribution in [0.4, 0.5) is 5.82 Å². The summed E-state index contributed by atoms with van der Waals surface area (Å²) in [6, 6.07) is 11.7. The quantitative estimate of drug-likeness (QED) is 0.548. The van der Waals surface area contributed by atoms with Gasteiger partial charge in [-0.25, -0.2) is 9.67 Å². The van der Waals surface area contributed by atoms with Gasteiger partial charge in [0.25, 0.3) is 5.56 Å². The number of nitrogens with zero attached hydrogens (tertiary/aromatic N) is 6. The van der Waals surface area contributed by atoms with Crippen molar-refractivity contribution in [3.05, 3.63) is 70.5 Å². The van der Waals surface area contributed by atoms with Gasteiger partial charge in [0.15, 0.2) is 5.65 Å². The number of rotatable bonds is 4. The van der Waals surface area contributed by atoms with E-state index in [9.17, 15) is 4.79 Å². The average molecular weight is 416 g/mol. The molecule has 0 amide bonds. The Morgan fingerprint density at radius 2 is 1.71 bits per heavy atom. The number of anilines is 1. The summed E-state index contributed by atoms with van der Waals surface area (Å²) in [6.45, 7) is 3.97. The van der Waals surface area contributed by atoms with Gasteiger partial charge in [-0.05, 0) is 57.7 Å². The van der Waals surface area contributed by atoms with Crippen molar-refractivity contribution in [1.29, 1.82) is 0 Å². The minimum Gasteiger partial charge on any atom is -0.367 e. The third-order valence-electron chi connectivity index (χ3n) is 5.87. The molecule has 1 saturated carbocycles. The zero-order valence-corrected chi connectivity index (χ0v) is 17.7. The molecule has 4 aromatic heterocycles. The summed E-state index contributed by atoms with van der Waals surface area (Å²) in [5.74, 6) is 0.967. The summed E-state index contributed by atoms with van der Waals surface area (Å²) in [7, 11) is 0. The minimum absolute atomic E-state index is 0.0484. The van der Waals surface area contributed by atoms with Crippen LogP contribution in [0.5, 0.6) is 0 Å². The Bertz CT molecular complexity index is 1270. The lowest BCUT2D eigenvalue weighted by molar-refractivity contribution is 0.304. The number of fused-ring (bicyclic) bond motifs is 1. The highest BCUT2D eigenvalue weighted by Gasteiger charge is 2.25. The molecule has 0 unspecified atom stereocenters. The lowest BCUT2D eigenvalue weighted by atomic mass is 9.91. The number of hydrogen-bond acceptors (Lipinski definition) is 6. The van der Waals surface area contributed by atoms with Crippen LogP contribution in [-0.4, -0.2) is 35.4 Å². The molecule has 0 saturated heterocycles. The highest BCUT2D eigenvalue weighted by Crippen LogP contribution is 2.29. The van der Waals surface area contributed by atoms with Crippen LogP contribution in [0.25, 0.3) is 16.9 Å². The van der Waals surface area contributed by atoms with E-state index < -0.39 is 0 Å². The highest BCUT2D eigenvalue weighted by molar-refractivity contribution is 5.57. The Kier molecular flexibility index (Phi) is 4.97. The van der Waals surface area contributed by atoms with E-state index in [2.05, 4.69) is 25.5 Å². The highest BCUT2D eigenvalue weighted by atomic mass is 16.1. The van der Waals surface area contributed by atoms with Crippen LogP contribution < -0.4 is 10.9 Å². The molecular weight excluding hydrogens is 390 g/mol. The largest absolute Gasteiger partial charge is 0.367 e. The van der Waals surface area contributed by atoms with Crippen LogP contribution >= 0.6 is 0 Å². The first-order chi connectivity index (χ1) is 15.1. The van der Waals surface area contributed by atoms with Gasteiger partial charge in [0.2, 0.25) is 0 Å². The summed E-state index contributed by atoms with van der Waals surface area (Å²) < 4.78 is 3.54. The molecule has 0 bridgehead atoms. The molecule has 4 heterocycles. The van der Waals surface area contributed by atoms with Crippen molar-refractivity contribution in [3.63, 3.8) is 0 Å². The van der Waals surface area contributed by atoms with E-state index in [0.717, 1.165) is 59.8 Å². The minimum atomic E-state index is -0.0484. The summed E-state index contributed by atoms with van der Waals surface area (Å²) >= 11 is 0. The van der Waals surface area contributed by atoms with Crippen LogP contribution in [0.3, 0.4) is 0 Å². The van der Waals surface area contributed by atoms with Crippen molar-refractivity contribution >= 4 is 11.5 Å².